The summed E-state index contributed by atoms with van der Waals surface area (Å²) in [6.45, 7) is 4.77. The van der Waals surface area contributed by atoms with Crippen molar-refractivity contribution in [1.29, 1.82) is 0 Å². The SMILES string of the molecule is CC1(C)c2ccccc2-n2c3ccc(-c4ccc(N(C5=CCCC=C5)c5ccccc5)cc4)cc3c3cc(-c4ccc(N(c5ccccc5)c5ccccc5)cc4)cc1c32. The number of rotatable bonds is 8. The fraction of sp³-hybridized carbons (Fsp3) is 0.0877. The Morgan fingerprint density at radius 2 is 0.950 bits per heavy atom. The highest BCUT2D eigenvalue weighted by Crippen LogP contribution is 2.50. The Hall–Kier alpha value is -7.36. The van der Waals surface area contributed by atoms with Gasteiger partial charge in [0.25, 0.3) is 0 Å². The maximum absolute atomic E-state index is 2.51. The van der Waals surface area contributed by atoms with Gasteiger partial charge in [0.1, 0.15) is 0 Å². The van der Waals surface area contributed by atoms with Gasteiger partial charge in [-0.05, 0) is 143 Å². The van der Waals surface area contributed by atoms with Crippen molar-refractivity contribution in [2.75, 3.05) is 9.80 Å². The zero-order valence-electron chi connectivity index (χ0n) is 34.0. The van der Waals surface area contributed by atoms with E-state index >= 15 is 0 Å². The van der Waals surface area contributed by atoms with E-state index in [0.29, 0.717) is 0 Å². The van der Waals surface area contributed by atoms with Crippen LogP contribution >= 0.6 is 0 Å². The standard InChI is InChI=1S/C57H45N3/c1-57(2)52-25-15-16-26-55(52)60-54-36-31-42(40-27-32-48(33-28-40)58(44-17-7-3-8-18-44)45-19-9-4-10-20-45)37-50(54)51-38-43(39-53(57)56(51)60)41-29-34-49(35-30-41)59(46-21-11-5-12-22-46)47-23-13-6-14-24-47/h3,5-9,11-39H,4,10H2,1-2H3. The number of hydrogen-bond acceptors (Lipinski definition) is 2. The van der Waals surface area contributed by atoms with Gasteiger partial charge in [0.05, 0.1) is 16.7 Å². The molecular weight excluding hydrogens is 727 g/mol. The normalized spacial score (nSPS) is 13.9. The molecule has 1 aliphatic carbocycles. The second-order valence-corrected chi connectivity index (χ2v) is 16.5. The van der Waals surface area contributed by atoms with Gasteiger partial charge in [0.15, 0.2) is 0 Å². The molecule has 2 heterocycles. The van der Waals surface area contributed by atoms with Crippen LogP contribution in [0.5, 0.6) is 0 Å². The lowest BCUT2D eigenvalue weighted by Crippen LogP contribution is -2.26. The molecule has 1 aromatic heterocycles. The molecule has 2 aliphatic rings. The van der Waals surface area contributed by atoms with Gasteiger partial charge in [-0.15, -0.1) is 0 Å². The summed E-state index contributed by atoms with van der Waals surface area (Å²) in [7, 11) is 0. The Morgan fingerprint density at radius 1 is 0.433 bits per heavy atom. The van der Waals surface area contributed by atoms with Crippen molar-refractivity contribution in [3.63, 3.8) is 0 Å². The van der Waals surface area contributed by atoms with E-state index in [1.54, 1.807) is 0 Å². The zero-order chi connectivity index (χ0) is 40.2. The van der Waals surface area contributed by atoms with E-state index in [1.165, 1.54) is 66.6 Å². The second kappa shape index (κ2) is 14.5. The zero-order valence-corrected chi connectivity index (χ0v) is 34.0. The summed E-state index contributed by atoms with van der Waals surface area (Å²) in [6.07, 6.45) is 9.01. The summed E-state index contributed by atoms with van der Waals surface area (Å²) in [6, 6.07) is 71.0. The van der Waals surface area contributed by atoms with Gasteiger partial charge in [0.2, 0.25) is 0 Å². The third kappa shape index (κ3) is 5.96. The van der Waals surface area contributed by atoms with E-state index in [-0.39, 0.29) is 5.41 Å². The van der Waals surface area contributed by atoms with Crippen molar-refractivity contribution in [3.05, 3.63) is 229 Å². The van der Waals surface area contributed by atoms with Crippen molar-refractivity contribution in [1.82, 2.24) is 4.57 Å². The Kier molecular flexibility index (Phi) is 8.63. The van der Waals surface area contributed by atoms with Crippen molar-refractivity contribution >= 4 is 50.2 Å². The van der Waals surface area contributed by atoms with Crippen LogP contribution < -0.4 is 9.80 Å². The van der Waals surface area contributed by atoms with Crippen LogP contribution in [0.2, 0.25) is 0 Å². The summed E-state index contributed by atoms with van der Waals surface area (Å²) in [5, 5.41) is 2.55. The number of anilines is 5. The van der Waals surface area contributed by atoms with E-state index in [9.17, 15) is 0 Å². The summed E-state index contributed by atoms with van der Waals surface area (Å²) in [5.74, 6) is 0. The third-order valence-corrected chi connectivity index (χ3v) is 12.5. The molecule has 1 aliphatic heterocycles. The number of fused-ring (bicyclic) bond motifs is 5. The van der Waals surface area contributed by atoms with Gasteiger partial charge >= 0.3 is 0 Å². The minimum Gasteiger partial charge on any atom is -0.311 e. The number of hydrogen-bond donors (Lipinski definition) is 0. The van der Waals surface area contributed by atoms with Crippen molar-refractivity contribution in [2.45, 2.75) is 32.1 Å². The lowest BCUT2D eigenvalue weighted by Gasteiger charge is -2.35. The fourth-order valence-corrected chi connectivity index (χ4v) is 9.56. The lowest BCUT2D eigenvalue weighted by atomic mass is 9.74. The first-order valence-electron chi connectivity index (χ1n) is 21.1. The highest BCUT2D eigenvalue weighted by atomic mass is 15.1. The van der Waals surface area contributed by atoms with Crippen LogP contribution in [-0.2, 0) is 5.41 Å². The number of allylic oxidation sites excluding steroid dienone is 3. The molecule has 0 radical (unpaired) electrons. The van der Waals surface area contributed by atoms with Crippen molar-refractivity contribution in [3.8, 4) is 27.9 Å². The van der Waals surface area contributed by atoms with Gasteiger partial charge in [-0.2, -0.15) is 0 Å². The molecule has 288 valence electrons. The molecule has 3 nitrogen and oxygen atoms in total. The van der Waals surface area contributed by atoms with Crippen LogP contribution in [0, 0.1) is 0 Å². The topological polar surface area (TPSA) is 11.4 Å². The first-order valence-corrected chi connectivity index (χ1v) is 21.1. The minimum atomic E-state index is -0.196. The second-order valence-electron chi connectivity index (χ2n) is 16.5. The quantitative estimate of drug-likeness (QED) is 0.152. The molecule has 8 aromatic carbocycles. The van der Waals surface area contributed by atoms with Crippen LogP contribution in [0.25, 0.3) is 49.7 Å². The molecule has 11 rings (SSSR count). The molecule has 0 atom stereocenters. The van der Waals surface area contributed by atoms with Crippen LogP contribution in [0.3, 0.4) is 0 Å². The summed E-state index contributed by atoms with van der Waals surface area (Å²) in [4.78, 5) is 4.68. The Morgan fingerprint density at radius 3 is 1.57 bits per heavy atom. The van der Waals surface area contributed by atoms with Gasteiger partial charge in [-0.1, -0.05) is 129 Å². The van der Waals surface area contributed by atoms with Crippen LogP contribution in [-0.4, -0.2) is 4.57 Å². The molecule has 0 saturated carbocycles. The van der Waals surface area contributed by atoms with Gasteiger partial charge in [0, 0.05) is 50.3 Å². The summed E-state index contributed by atoms with van der Waals surface area (Å²) in [5.41, 5.74) is 18.0. The highest BCUT2D eigenvalue weighted by Gasteiger charge is 2.35. The number of para-hydroxylation sites is 4. The van der Waals surface area contributed by atoms with E-state index < -0.39 is 0 Å². The monoisotopic (exact) mass is 771 g/mol. The van der Waals surface area contributed by atoms with E-state index in [0.717, 1.165) is 41.3 Å². The Labute approximate surface area is 352 Å². The summed E-state index contributed by atoms with van der Waals surface area (Å²) < 4.78 is 2.51. The number of nitrogens with zero attached hydrogens (tertiary/aromatic N) is 3. The van der Waals surface area contributed by atoms with E-state index in [1.807, 2.05) is 0 Å². The first kappa shape index (κ1) is 35.8. The summed E-state index contributed by atoms with van der Waals surface area (Å²) >= 11 is 0. The lowest BCUT2D eigenvalue weighted by molar-refractivity contribution is 0.630. The van der Waals surface area contributed by atoms with E-state index in [4.69, 9.17) is 0 Å². The van der Waals surface area contributed by atoms with Crippen molar-refractivity contribution < 1.29 is 0 Å². The third-order valence-electron chi connectivity index (χ3n) is 12.5. The van der Waals surface area contributed by atoms with E-state index in [2.05, 4.69) is 241 Å². The molecule has 0 spiro atoms. The largest absolute Gasteiger partial charge is 0.311 e. The molecule has 3 heteroatoms. The molecular formula is C57H45N3. The Balaban J connectivity index is 1.04. The molecule has 0 unspecified atom stereocenters. The molecule has 60 heavy (non-hydrogen) atoms. The maximum Gasteiger partial charge on any atom is 0.0582 e. The number of aromatic nitrogens is 1. The molecule has 0 bridgehead atoms. The average molecular weight is 772 g/mol. The van der Waals surface area contributed by atoms with Gasteiger partial charge in [-0.25, -0.2) is 0 Å². The van der Waals surface area contributed by atoms with Crippen LogP contribution in [0.4, 0.5) is 28.4 Å². The van der Waals surface area contributed by atoms with Crippen molar-refractivity contribution in [2.24, 2.45) is 0 Å². The average Bonchev–Trinajstić information content (AvgIpc) is 3.64. The molecule has 0 saturated heterocycles. The maximum atomic E-state index is 2.51. The predicted molar refractivity (Wildman–Crippen MR) is 254 cm³/mol. The van der Waals surface area contributed by atoms with Gasteiger partial charge in [-0.3, -0.25) is 0 Å². The minimum absolute atomic E-state index is 0.196. The smallest absolute Gasteiger partial charge is 0.0582 e. The first-order chi connectivity index (χ1) is 29.5. The molecule has 0 amide bonds. The van der Waals surface area contributed by atoms with Crippen LogP contribution in [0.15, 0.2) is 218 Å². The molecule has 0 N–H and O–H groups in total. The predicted octanol–water partition coefficient (Wildman–Crippen LogP) is 15.6. The highest BCUT2D eigenvalue weighted by molar-refractivity contribution is 6.14. The molecule has 9 aromatic rings. The number of benzene rings is 8. The van der Waals surface area contributed by atoms with Crippen LogP contribution in [0.1, 0.15) is 37.8 Å². The van der Waals surface area contributed by atoms with Gasteiger partial charge < -0.3 is 14.4 Å². The molecule has 0 fully saturated rings. The Bertz CT molecular complexity index is 3040. The fourth-order valence-electron chi connectivity index (χ4n) is 9.56.